The number of hydrogen-bond donors (Lipinski definition) is 1. The van der Waals surface area contributed by atoms with Gasteiger partial charge in [0.25, 0.3) is 5.56 Å². The number of nitrogens with one attached hydrogen (secondary N) is 1. The molecule has 0 aliphatic rings. The highest BCUT2D eigenvalue weighted by molar-refractivity contribution is 7.20. The van der Waals surface area contributed by atoms with Crippen molar-refractivity contribution < 1.29 is 9.53 Å². The van der Waals surface area contributed by atoms with Crippen LogP contribution in [-0.2, 0) is 4.74 Å². The van der Waals surface area contributed by atoms with Crippen LogP contribution in [0.25, 0.3) is 15.9 Å². The third-order valence-corrected chi connectivity index (χ3v) is 4.26. The number of hydrogen-bond acceptors (Lipinski definition) is 7. The van der Waals surface area contributed by atoms with Gasteiger partial charge in [0.05, 0.1) is 12.0 Å². The Morgan fingerprint density at radius 2 is 2.33 bits per heavy atom. The van der Waals surface area contributed by atoms with Crippen molar-refractivity contribution in [1.29, 1.82) is 5.26 Å². The maximum Gasteiger partial charge on any atom is 0.348 e. The lowest BCUT2D eigenvalue weighted by Gasteiger charge is -1.98. The smallest absolute Gasteiger partial charge is 0.348 e. The first-order chi connectivity index (χ1) is 10.1. The minimum atomic E-state index is -0.493. The molecular weight excluding hydrogens is 294 g/mol. The van der Waals surface area contributed by atoms with Crippen molar-refractivity contribution >= 4 is 33.2 Å². The molecule has 0 amide bonds. The lowest BCUT2D eigenvalue weighted by atomic mass is 10.2. The first-order valence-corrected chi connectivity index (χ1v) is 6.87. The molecule has 3 aromatic rings. The molecule has 0 unspecified atom stereocenters. The van der Waals surface area contributed by atoms with E-state index in [1.807, 2.05) is 6.07 Å². The topological polar surface area (TPSA) is 113 Å². The van der Waals surface area contributed by atoms with Crippen LogP contribution in [0.1, 0.15) is 27.9 Å². The van der Waals surface area contributed by atoms with Crippen molar-refractivity contribution in [3.63, 3.8) is 0 Å². The number of aromatic amines is 1. The molecule has 0 aliphatic carbocycles. The Morgan fingerprint density at radius 3 is 3.00 bits per heavy atom. The molecule has 3 rings (SSSR count). The van der Waals surface area contributed by atoms with Gasteiger partial charge in [-0.15, -0.1) is 16.4 Å². The molecule has 106 valence electrons. The molecule has 8 nitrogen and oxygen atoms in total. The third-order valence-electron chi connectivity index (χ3n) is 3.00. The molecule has 0 fully saturated rings. The largest absolute Gasteiger partial charge is 0.462 e. The third kappa shape index (κ3) is 1.80. The average molecular weight is 303 g/mol. The van der Waals surface area contributed by atoms with E-state index >= 15 is 0 Å². The van der Waals surface area contributed by atoms with Gasteiger partial charge in [-0.25, -0.2) is 14.5 Å². The number of aromatic nitrogens is 4. The molecule has 0 saturated heterocycles. The first-order valence-electron chi connectivity index (χ1n) is 6.06. The van der Waals surface area contributed by atoms with Crippen LogP contribution in [0.4, 0.5) is 0 Å². The van der Waals surface area contributed by atoms with Crippen LogP contribution in [-0.4, -0.2) is 32.4 Å². The monoisotopic (exact) mass is 303 g/mol. The second kappa shape index (κ2) is 4.68. The van der Waals surface area contributed by atoms with Gasteiger partial charge in [0.15, 0.2) is 5.65 Å². The molecule has 0 aliphatic heterocycles. The maximum absolute atomic E-state index is 12.2. The number of nitrogens with zero attached hydrogens (tertiary/aromatic N) is 4. The van der Waals surface area contributed by atoms with E-state index in [0.717, 1.165) is 11.3 Å². The molecule has 21 heavy (non-hydrogen) atoms. The summed E-state index contributed by atoms with van der Waals surface area (Å²) in [5, 5.41) is 15.7. The van der Waals surface area contributed by atoms with Gasteiger partial charge in [-0.2, -0.15) is 10.2 Å². The van der Waals surface area contributed by atoms with Crippen LogP contribution in [0.3, 0.4) is 0 Å². The van der Waals surface area contributed by atoms with Crippen molar-refractivity contribution in [1.82, 2.24) is 19.8 Å². The quantitative estimate of drug-likeness (QED) is 0.706. The van der Waals surface area contributed by atoms with Crippen LogP contribution < -0.4 is 5.56 Å². The van der Waals surface area contributed by atoms with Gasteiger partial charge in [0, 0.05) is 0 Å². The molecule has 0 aromatic carbocycles. The van der Waals surface area contributed by atoms with Gasteiger partial charge >= 0.3 is 5.97 Å². The summed E-state index contributed by atoms with van der Waals surface area (Å²) in [7, 11) is 0. The Bertz CT molecular complexity index is 975. The summed E-state index contributed by atoms with van der Waals surface area (Å²) in [5.41, 5.74) is 0.199. The zero-order valence-electron chi connectivity index (χ0n) is 11.1. The minimum Gasteiger partial charge on any atom is -0.462 e. The number of carbonyl (C=O) groups is 1. The molecule has 0 bridgehead atoms. The molecule has 1 N–H and O–H groups in total. The number of esters is 1. The highest BCUT2D eigenvalue weighted by Gasteiger charge is 2.22. The van der Waals surface area contributed by atoms with Crippen LogP contribution in [0.15, 0.2) is 4.79 Å². The normalized spacial score (nSPS) is 10.9. The molecule has 0 radical (unpaired) electrons. The summed E-state index contributed by atoms with van der Waals surface area (Å²) in [6.07, 6.45) is 0. The molecular formula is C12H9N5O3S. The van der Waals surface area contributed by atoms with Gasteiger partial charge < -0.3 is 4.74 Å². The lowest BCUT2D eigenvalue weighted by Crippen LogP contribution is -2.10. The van der Waals surface area contributed by atoms with Crippen LogP contribution >= 0.6 is 11.3 Å². The van der Waals surface area contributed by atoms with Crippen molar-refractivity contribution in [2.24, 2.45) is 0 Å². The van der Waals surface area contributed by atoms with E-state index in [0.29, 0.717) is 20.7 Å². The SMILES string of the molecule is CCOC(=O)c1sc2c(c1C)c(=O)nc1c(C#N)n[nH]n12. The molecule has 0 spiro atoms. The van der Waals surface area contributed by atoms with Crippen LogP contribution in [0.2, 0.25) is 0 Å². The summed E-state index contributed by atoms with van der Waals surface area (Å²) in [4.78, 5) is 28.8. The Morgan fingerprint density at radius 1 is 1.57 bits per heavy atom. The number of fused-ring (bicyclic) bond motifs is 3. The van der Waals surface area contributed by atoms with E-state index < -0.39 is 11.5 Å². The van der Waals surface area contributed by atoms with Crippen molar-refractivity contribution in [2.75, 3.05) is 6.61 Å². The molecule has 3 heterocycles. The second-order valence-corrected chi connectivity index (χ2v) is 5.20. The molecule has 9 heteroatoms. The number of thiophene rings is 1. The highest BCUT2D eigenvalue weighted by atomic mass is 32.1. The fourth-order valence-corrected chi connectivity index (χ4v) is 3.23. The van der Waals surface area contributed by atoms with E-state index in [9.17, 15) is 9.59 Å². The van der Waals surface area contributed by atoms with E-state index in [2.05, 4.69) is 15.3 Å². The average Bonchev–Trinajstić information content (AvgIpc) is 3.00. The fourth-order valence-electron chi connectivity index (χ4n) is 2.07. The maximum atomic E-state index is 12.2. The zero-order chi connectivity index (χ0) is 15.1. The zero-order valence-corrected chi connectivity index (χ0v) is 11.9. The lowest BCUT2D eigenvalue weighted by molar-refractivity contribution is 0.0531. The Hall–Kier alpha value is -2.73. The minimum absolute atomic E-state index is 0.0257. The summed E-state index contributed by atoms with van der Waals surface area (Å²) >= 11 is 1.11. The standard InChI is InChI=1S/C12H9N5O3S/c1-3-20-12(19)8-5(2)7-10(18)14-9-6(4-13)15-16-17(9)11(7)21-8/h16H,3H2,1-2H3. The predicted molar refractivity (Wildman–Crippen MR) is 74.4 cm³/mol. The van der Waals surface area contributed by atoms with Gasteiger partial charge in [-0.05, 0) is 19.4 Å². The van der Waals surface area contributed by atoms with Crippen molar-refractivity contribution in [3.05, 3.63) is 26.5 Å². The Labute approximate surface area is 121 Å². The summed E-state index contributed by atoms with van der Waals surface area (Å²) < 4.78 is 6.40. The van der Waals surface area contributed by atoms with Crippen LogP contribution in [0.5, 0.6) is 0 Å². The van der Waals surface area contributed by atoms with Crippen molar-refractivity contribution in [2.45, 2.75) is 13.8 Å². The number of H-pyrrole nitrogens is 1. The van der Waals surface area contributed by atoms with Gasteiger partial charge in [0.2, 0.25) is 5.69 Å². The number of rotatable bonds is 2. The van der Waals surface area contributed by atoms with Crippen LogP contribution in [0, 0.1) is 18.3 Å². The van der Waals surface area contributed by atoms with E-state index in [1.54, 1.807) is 13.8 Å². The van der Waals surface area contributed by atoms with E-state index in [-0.39, 0.29) is 17.9 Å². The van der Waals surface area contributed by atoms with E-state index in [1.165, 1.54) is 4.52 Å². The molecule has 3 aromatic heterocycles. The Kier molecular flexibility index (Phi) is 2.95. The number of aryl methyl sites for hydroxylation is 1. The fraction of sp³-hybridized carbons (Fsp3) is 0.250. The molecule has 0 atom stereocenters. The highest BCUT2D eigenvalue weighted by Crippen LogP contribution is 2.29. The summed E-state index contributed by atoms with van der Waals surface area (Å²) in [6, 6.07) is 1.85. The van der Waals surface area contributed by atoms with E-state index in [4.69, 9.17) is 10.00 Å². The number of carbonyl (C=O) groups excluding carboxylic acids is 1. The second-order valence-electron chi connectivity index (χ2n) is 4.20. The van der Waals surface area contributed by atoms with Gasteiger partial charge in [-0.1, -0.05) is 0 Å². The Balaban J connectivity index is 2.41. The van der Waals surface area contributed by atoms with Gasteiger partial charge in [-0.3, -0.25) is 4.79 Å². The van der Waals surface area contributed by atoms with Gasteiger partial charge in [0.1, 0.15) is 15.8 Å². The molecule has 0 saturated carbocycles. The van der Waals surface area contributed by atoms with Crippen molar-refractivity contribution in [3.8, 4) is 6.07 Å². The summed E-state index contributed by atoms with van der Waals surface area (Å²) in [5.74, 6) is -0.482. The number of ether oxygens (including phenoxy) is 1. The first kappa shape index (κ1) is 13.3. The number of nitriles is 1. The summed E-state index contributed by atoms with van der Waals surface area (Å²) in [6.45, 7) is 3.63. The predicted octanol–water partition coefficient (Wildman–Crippen LogP) is 0.989.